The first-order chi connectivity index (χ1) is 12.8. The van der Waals surface area contributed by atoms with E-state index in [4.69, 9.17) is 4.74 Å². The maximum absolute atomic E-state index is 11.5. The van der Waals surface area contributed by atoms with E-state index in [-0.39, 0.29) is 11.5 Å². The van der Waals surface area contributed by atoms with Gasteiger partial charge in [0.05, 0.1) is 12.2 Å². The molecule has 2 aliphatic heterocycles. The van der Waals surface area contributed by atoms with E-state index >= 15 is 0 Å². The topological polar surface area (TPSA) is 53.0 Å². The van der Waals surface area contributed by atoms with E-state index in [9.17, 15) is 9.90 Å². The summed E-state index contributed by atoms with van der Waals surface area (Å²) in [4.78, 5) is 15.5. The Bertz CT molecular complexity index is 636. The minimum atomic E-state index is -0.619. The standard InChI is InChI=1S/C22H34N2O3/c1-21(18-8-5-4-6-9-18)12-10-19-16-22(26,13-14-24(19)17-21)11-7-15-27-20(25)23(2)3/h4-6,8-9,19,26H,7,10-17H2,1-3H3. The molecule has 3 unspecified atom stereocenters. The molecule has 0 saturated carbocycles. The molecule has 0 spiro atoms. The fourth-order valence-corrected chi connectivity index (χ4v) is 4.70. The van der Waals surface area contributed by atoms with Crippen LogP contribution in [0.4, 0.5) is 4.79 Å². The number of nitrogens with zero attached hydrogens (tertiary/aromatic N) is 2. The minimum absolute atomic E-state index is 0.202. The predicted octanol–water partition coefficient (Wildman–Crippen LogP) is 3.41. The molecule has 0 radical (unpaired) electrons. The Morgan fingerprint density at radius 1 is 1.30 bits per heavy atom. The van der Waals surface area contributed by atoms with E-state index in [2.05, 4.69) is 42.2 Å². The van der Waals surface area contributed by atoms with Gasteiger partial charge in [0, 0.05) is 38.6 Å². The smallest absolute Gasteiger partial charge is 0.409 e. The van der Waals surface area contributed by atoms with Crippen molar-refractivity contribution in [3.05, 3.63) is 35.9 Å². The summed E-state index contributed by atoms with van der Waals surface area (Å²) in [6, 6.07) is 11.3. The van der Waals surface area contributed by atoms with Crippen molar-refractivity contribution in [3.8, 4) is 0 Å². The van der Waals surface area contributed by atoms with Crippen molar-refractivity contribution in [3.63, 3.8) is 0 Å². The van der Waals surface area contributed by atoms with Crippen molar-refractivity contribution in [1.29, 1.82) is 0 Å². The van der Waals surface area contributed by atoms with Crippen LogP contribution in [0.15, 0.2) is 30.3 Å². The molecule has 5 nitrogen and oxygen atoms in total. The lowest BCUT2D eigenvalue weighted by molar-refractivity contribution is -0.0737. The van der Waals surface area contributed by atoms with Gasteiger partial charge >= 0.3 is 6.09 Å². The van der Waals surface area contributed by atoms with Gasteiger partial charge in [-0.15, -0.1) is 0 Å². The number of piperidine rings is 2. The van der Waals surface area contributed by atoms with Crippen LogP contribution in [-0.4, -0.2) is 66.4 Å². The number of fused-ring (bicyclic) bond motifs is 1. The summed E-state index contributed by atoms with van der Waals surface area (Å²) in [5.41, 5.74) is 1.01. The van der Waals surface area contributed by atoms with Crippen LogP contribution < -0.4 is 0 Å². The Hall–Kier alpha value is -1.59. The Labute approximate surface area is 163 Å². The van der Waals surface area contributed by atoms with Crippen LogP contribution in [0.3, 0.4) is 0 Å². The second kappa shape index (κ2) is 8.19. The highest BCUT2D eigenvalue weighted by Gasteiger charge is 2.44. The number of amides is 1. The zero-order chi connectivity index (χ0) is 19.5. The fraction of sp³-hybridized carbons (Fsp3) is 0.682. The highest BCUT2D eigenvalue weighted by atomic mass is 16.6. The van der Waals surface area contributed by atoms with Gasteiger partial charge in [-0.05, 0) is 44.1 Å². The molecule has 27 heavy (non-hydrogen) atoms. The number of aliphatic hydroxyl groups is 1. The van der Waals surface area contributed by atoms with Crippen molar-refractivity contribution in [2.75, 3.05) is 33.8 Å². The van der Waals surface area contributed by atoms with E-state index in [1.165, 1.54) is 10.5 Å². The maximum Gasteiger partial charge on any atom is 0.409 e. The van der Waals surface area contributed by atoms with Crippen LogP contribution in [0.1, 0.15) is 51.0 Å². The lowest BCUT2D eigenvalue weighted by atomic mass is 9.70. The van der Waals surface area contributed by atoms with E-state index in [1.807, 2.05) is 0 Å². The van der Waals surface area contributed by atoms with Crippen LogP contribution in [0, 0.1) is 0 Å². The molecule has 1 N–H and O–H groups in total. The zero-order valence-corrected chi connectivity index (χ0v) is 17.0. The molecule has 5 heteroatoms. The predicted molar refractivity (Wildman–Crippen MR) is 107 cm³/mol. The Balaban J connectivity index is 1.50. The van der Waals surface area contributed by atoms with E-state index in [1.54, 1.807) is 14.1 Å². The van der Waals surface area contributed by atoms with Gasteiger partial charge in [0.1, 0.15) is 0 Å². The molecule has 3 atom stereocenters. The molecule has 2 saturated heterocycles. The van der Waals surface area contributed by atoms with Crippen LogP contribution in [0.5, 0.6) is 0 Å². The number of hydrogen-bond donors (Lipinski definition) is 1. The molecule has 1 aromatic rings. The molecule has 2 heterocycles. The number of rotatable bonds is 5. The average molecular weight is 375 g/mol. The zero-order valence-electron chi connectivity index (χ0n) is 17.0. The quantitative estimate of drug-likeness (QED) is 0.803. The number of carbonyl (C=O) groups is 1. The molecule has 1 aromatic carbocycles. The molecular formula is C22H34N2O3. The summed E-state index contributed by atoms with van der Waals surface area (Å²) in [5, 5.41) is 11.1. The molecule has 0 bridgehead atoms. The van der Waals surface area contributed by atoms with Crippen molar-refractivity contribution >= 4 is 6.09 Å². The van der Waals surface area contributed by atoms with Gasteiger partial charge in [0.25, 0.3) is 0 Å². The minimum Gasteiger partial charge on any atom is -0.449 e. The first-order valence-corrected chi connectivity index (χ1v) is 10.2. The highest BCUT2D eigenvalue weighted by molar-refractivity contribution is 5.66. The van der Waals surface area contributed by atoms with Crippen LogP contribution in [0.2, 0.25) is 0 Å². The Kier molecular flexibility index (Phi) is 6.11. The normalized spacial score (nSPS) is 31.2. The highest BCUT2D eigenvalue weighted by Crippen LogP contribution is 2.41. The number of carbonyl (C=O) groups excluding carboxylic acids is 1. The first-order valence-electron chi connectivity index (χ1n) is 10.2. The maximum atomic E-state index is 11.5. The number of benzene rings is 1. The summed E-state index contributed by atoms with van der Waals surface area (Å²) in [5.74, 6) is 0. The van der Waals surface area contributed by atoms with Gasteiger partial charge in [0.2, 0.25) is 0 Å². The van der Waals surface area contributed by atoms with Crippen LogP contribution in [0.25, 0.3) is 0 Å². The molecule has 0 aromatic heterocycles. The second-order valence-electron chi connectivity index (χ2n) is 8.88. The van der Waals surface area contributed by atoms with E-state index < -0.39 is 5.60 Å². The summed E-state index contributed by atoms with van der Waals surface area (Å²) in [6.07, 6.45) is 5.02. The van der Waals surface area contributed by atoms with E-state index in [0.717, 1.165) is 38.8 Å². The molecule has 0 aliphatic carbocycles. The van der Waals surface area contributed by atoms with Gasteiger partial charge < -0.3 is 14.7 Å². The van der Waals surface area contributed by atoms with Crippen LogP contribution in [-0.2, 0) is 10.2 Å². The lowest BCUT2D eigenvalue weighted by Crippen LogP contribution is -2.57. The monoisotopic (exact) mass is 374 g/mol. The Morgan fingerprint density at radius 2 is 2.04 bits per heavy atom. The average Bonchev–Trinajstić information content (AvgIpc) is 2.66. The summed E-state index contributed by atoms with van der Waals surface area (Å²) in [6.45, 7) is 4.76. The number of hydrogen-bond acceptors (Lipinski definition) is 4. The van der Waals surface area contributed by atoms with Gasteiger partial charge in [-0.1, -0.05) is 37.3 Å². The van der Waals surface area contributed by atoms with Gasteiger partial charge in [0.15, 0.2) is 0 Å². The fourth-order valence-electron chi connectivity index (χ4n) is 4.70. The molecule has 3 rings (SSSR count). The van der Waals surface area contributed by atoms with Crippen molar-refractivity contribution in [2.45, 2.75) is 62.5 Å². The number of ether oxygens (including phenoxy) is 1. The third-order valence-electron chi connectivity index (χ3n) is 6.43. The summed E-state index contributed by atoms with van der Waals surface area (Å²) < 4.78 is 5.19. The first kappa shape index (κ1) is 20.2. The molecule has 1 amide bonds. The van der Waals surface area contributed by atoms with Crippen molar-refractivity contribution < 1.29 is 14.6 Å². The van der Waals surface area contributed by atoms with Gasteiger partial charge in [-0.25, -0.2) is 4.79 Å². The molecular weight excluding hydrogens is 340 g/mol. The molecule has 2 fully saturated rings. The third-order valence-corrected chi connectivity index (χ3v) is 6.43. The largest absolute Gasteiger partial charge is 0.449 e. The molecule has 150 valence electrons. The van der Waals surface area contributed by atoms with Crippen molar-refractivity contribution in [2.24, 2.45) is 0 Å². The lowest BCUT2D eigenvalue weighted by Gasteiger charge is -2.51. The van der Waals surface area contributed by atoms with Gasteiger partial charge in [-0.3, -0.25) is 4.90 Å². The summed E-state index contributed by atoms with van der Waals surface area (Å²) in [7, 11) is 3.36. The SMILES string of the molecule is CN(C)C(=O)OCCCC1(O)CCN2CC(C)(c3ccccc3)CCC2C1. The van der Waals surface area contributed by atoms with Crippen molar-refractivity contribution in [1.82, 2.24) is 9.80 Å². The van der Waals surface area contributed by atoms with E-state index in [0.29, 0.717) is 25.5 Å². The van der Waals surface area contributed by atoms with Crippen LogP contribution >= 0.6 is 0 Å². The third kappa shape index (κ3) is 4.82. The Morgan fingerprint density at radius 3 is 2.74 bits per heavy atom. The second-order valence-corrected chi connectivity index (χ2v) is 8.88. The molecule has 2 aliphatic rings. The van der Waals surface area contributed by atoms with Gasteiger partial charge in [-0.2, -0.15) is 0 Å². The summed E-state index contributed by atoms with van der Waals surface area (Å²) >= 11 is 0.